The van der Waals surface area contributed by atoms with Gasteiger partial charge in [0.15, 0.2) is 0 Å². The Morgan fingerprint density at radius 1 is 1.57 bits per heavy atom. The van der Waals surface area contributed by atoms with E-state index in [1.54, 1.807) is 0 Å². The molecule has 0 saturated carbocycles. The van der Waals surface area contributed by atoms with E-state index in [4.69, 9.17) is 5.73 Å². The second-order valence-electron chi connectivity index (χ2n) is 1.60. The van der Waals surface area contributed by atoms with Gasteiger partial charge < -0.3 is 5.73 Å². The quantitative estimate of drug-likeness (QED) is 0.458. The topological polar surface area (TPSA) is 50.7 Å². The molecule has 2 N–H and O–H groups in total. The third kappa shape index (κ3) is 0.765. The maximum atomic E-state index is 5.26. The smallest absolute Gasteiger partial charge is 0.128 e. The van der Waals surface area contributed by atoms with E-state index in [0.717, 1.165) is 12.1 Å². The van der Waals surface area contributed by atoms with Gasteiger partial charge in [-0.25, -0.2) is 0 Å². The number of hydrogen-bond donors (Lipinski definition) is 1. The molecule has 1 aliphatic heterocycles. The molecule has 1 aliphatic rings. The standard InChI is InChI=1S/C4H7N3/c1-3-2-4(5)7-6-3/h2H2,1H3,(H2,5,7). The number of amidine groups is 1. The summed E-state index contributed by atoms with van der Waals surface area (Å²) in [6.45, 7) is 1.91. The zero-order valence-electron chi connectivity index (χ0n) is 4.18. The van der Waals surface area contributed by atoms with Crippen molar-refractivity contribution in [2.24, 2.45) is 15.9 Å². The zero-order chi connectivity index (χ0) is 5.28. The van der Waals surface area contributed by atoms with Crippen LogP contribution >= 0.6 is 0 Å². The van der Waals surface area contributed by atoms with Crippen molar-refractivity contribution in [3.8, 4) is 0 Å². The molecule has 0 saturated heterocycles. The van der Waals surface area contributed by atoms with Gasteiger partial charge in [0.25, 0.3) is 0 Å². The molecule has 0 aromatic rings. The lowest BCUT2D eigenvalue weighted by Gasteiger charge is -1.81. The van der Waals surface area contributed by atoms with E-state index in [2.05, 4.69) is 10.2 Å². The molecule has 0 spiro atoms. The minimum Gasteiger partial charge on any atom is -0.385 e. The van der Waals surface area contributed by atoms with E-state index in [-0.39, 0.29) is 0 Å². The van der Waals surface area contributed by atoms with E-state index >= 15 is 0 Å². The third-order valence-corrected chi connectivity index (χ3v) is 0.786. The van der Waals surface area contributed by atoms with Crippen molar-refractivity contribution in [2.75, 3.05) is 0 Å². The summed E-state index contributed by atoms with van der Waals surface area (Å²) >= 11 is 0. The summed E-state index contributed by atoms with van der Waals surface area (Å²) in [7, 11) is 0. The largest absolute Gasteiger partial charge is 0.385 e. The van der Waals surface area contributed by atoms with Crippen LogP contribution in [0.25, 0.3) is 0 Å². The van der Waals surface area contributed by atoms with E-state index < -0.39 is 0 Å². The number of nitrogens with two attached hydrogens (primary N) is 1. The van der Waals surface area contributed by atoms with Crippen LogP contribution < -0.4 is 5.73 Å². The van der Waals surface area contributed by atoms with Crippen molar-refractivity contribution in [3.63, 3.8) is 0 Å². The van der Waals surface area contributed by atoms with Gasteiger partial charge >= 0.3 is 0 Å². The maximum Gasteiger partial charge on any atom is 0.128 e. The minimum absolute atomic E-state index is 0.623. The van der Waals surface area contributed by atoms with Crippen molar-refractivity contribution in [1.29, 1.82) is 0 Å². The highest BCUT2D eigenvalue weighted by Gasteiger charge is 2.00. The Kier molecular flexibility index (Phi) is 0.817. The second-order valence-corrected chi connectivity index (χ2v) is 1.60. The average Bonchev–Trinajstić information content (AvgIpc) is 1.87. The average molecular weight is 97.1 g/mol. The van der Waals surface area contributed by atoms with E-state index in [1.807, 2.05) is 6.92 Å². The monoisotopic (exact) mass is 97.1 g/mol. The first-order valence-electron chi connectivity index (χ1n) is 2.14. The normalized spacial score (nSPS) is 19.0. The summed E-state index contributed by atoms with van der Waals surface area (Å²) in [6, 6.07) is 0. The van der Waals surface area contributed by atoms with E-state index in [0.29, 0.717) is 5.84 Å². The van der Waals surface area contributed by atoms with Gasteiger partial charge in [-0.05, 0) is 6.92 Å². The Morgan fingerprint density at radius 3 is 2.43 bits per heavy atom. The molecule has 0 bridgehead atoms. The minimum atomic E-state index is 0.623. The van der Waals surface area contributed by atoms with Gasteiger partial charge in [-0.3, -0.25) is 0 Å². The van der Waals surface area contributed by atoms with Gasteiger partial charge in [0.05, 0.1) is 0 Å². The molecular formula is C4H7N3. The van der Waals surface area contributed by atoms with Gasteiger partial charge in [0, 0.05) is 12.1 Å². The highest BCUT2D eigenvalue weighted by atomic mass is 15.3. The molecule has 0 aliphatic carbocycles. The molecule has 1 rings (SSSR count). The van der Waals surface area contributed by atoms with Gasteiger partial charge in [-0.2, -0.15) is 5.10 Å². The molecule has 0 amide bonds. The van der Waals surface area contributed by atoms with Crippen LogP contribution in [0.5, 0.6) is 0 Å². The molecule has 1 heterocycles. The van der Waals surface area contributed by atoms with Gasteiger partial charge in [0.1, 0.15) is 5.84 Å². The predicted octanol–water partition coefficient (Wildman–Crippen LogP) is 0.123. The fourth-order valence-electron chi connectivity index (χ4n) is 0.482. The van der Waals surface area contributed by atoms with Crippen molar-refractivity contribution < 1.29 is 0 Å². The molecule has 7 heavy (non-hydrogen) atoms. The molecule has 0 aromatic carbocycles. The SMILES string of the molecule is CC1=NN=C(N)C1. The van der Waals surface area contributed by atoms with Crippen LogP contribution in [-0.2, 0) is 0 Å². The van der Waals surface area contributed by atoms with Crippen molar-refractivity contribution >= 4 is 11.5 Å². The Balaban J connectivity index is 2.61. The van der Waals surface area contributed by atoms with Crippen molar-refractivity contribution in [2.45, 2.75) is 13.3 Å². The Labute approximate surface area is 41.9 Å². The van der Waals surface area contributed by atoms with Crippen LogP contribution in [0.3, 0.4) is 0 Å². The van der Waals surface area contributed by atoms with Crippen LogP contribution in [0, 0.1) is 0 Å². The van der Waals surface area contributed by atoms with Crippen LogP contribution in [0.2, 0.25) is 0 Å². The third-order valence-electron chi connectivity index (χ3n) is 0.786. The van der Waals surface area contributed by atoms with Gasteiger partial charge in [0.2, 0.25) is 0 Å². The van der Waals surface area contributed by atoms with E-state index in [9.17, 15) is 0 Å². The summed E-state index contributed by atoms with van der Waals surface area (Å²) in [4.78, 5) is 0. The first kappa shape index (κ1) is 4.30. The van der Waals surface area contributed by atoms with Gasteiger partial charge in [-0.15, -0.1) is 5.10 Å². The Morgan fingerprint density at radius 2 is 2.29 bits per heavy atom. The van der Waals surface area contributed by atoms with Crippen molar-refractivity contribution in [1.82, 2.24) is 0 Å². The molecular weight excluding hydrogens is 90.1 g/mol. The highest BCUT2D eigenvalue weighted by molar-refractivity contribution is 6.04. The lowest BCUT2D eigenvalue weighted by Crippen LogP contribution is -2.09. The maximum absolute atomic E-state index is 5.26. The fourth-order valence-corrected chi connectivity index (χ4v) is 0.482. The molecule has 0 radical (unpaired) electrons. The van der Waals surface area contributed by atoms with Crippen molar-refractivity contribution in [3.05, 3.63) is 0 Å². The number of nitrogens with zero attached hydrogens (tertiary/aromatic N) is 2. The molecule has 0 fully saturated rings. The first-order valence-corrected chi connectivity index (χ1v) is 2.14. The molecule has 38 valence electrons. The summed E-state index contributed by atoms with van der Waals surface area (Å²) in [5.74, 6) is 0.623. The summed E-state index contributed by atoms with van der Waals surface area (Å²) in [5.41, 5.74) is 6.26. The second kappa shape index (κ2) is 1.33. The molecule has 0 atom stereocenters. The van der Waals surface area contributed by atoms with Gasteiger partial charge in [-0.1, -0.05) is 0 Å². The fraction of sp³-hybridized carbons (Fsp3) is 0.500. The van der Waals surface area contributed by atoms with E-state index in [1.165, 1.54) is 0 Å². The predicted molar refractivity (Wildman–Crippen MR) is 29.3 cm³/mol. The van der Waals surface area contributed by atoms with Crippen LogP contribution in [0.1, 0.15) is 13.3 Å². The Hall–Kier alpha value is -0.860. The molecule has 0 unspecified atom stereocenters. The molecule has 3 heteroatoms. The van der Waals surface area contributed by atoms with Crippen LogP contribution in [0.15, 0.2) is 10.2 Å². The lowest BCUT2D eigenvalue weighted by atomic mass is 10.3. The van der Waals surface area contributed by atoms with Crippen LogP contribution in [-0.4, -0.2) is 11.5 Å². The lowest BCUT2D eigenvalue weighted by molar-refractivity contribution is 1.25. The summed E-state index contributed by atoms with van der Waals surface area (Å²) in [5, 5.41) is 7.30. The summed E-state index contributed by atoms with van der Waals surface area (Å²) < 4.78 is 0. The summed E-state index contributed by atoms with van der Waals surface area (Å²) in [6.07, 6.45) is 0.750. The Bertz CT molecular complexity index is 118. The number of rotatable bonds is 0. The van der Waals surface area contributed by atoms with Crippen LogP contribution in [0.4, 0.5) is 0 Å². The zero-order valence-corrected chi connectivity index (χ0v) is 4.18. The highest BCUT2D eigenvalue weighted by Crippen LogP contribution is 1.95. The molecule has 3 nitrogen and oxygen atoms in total. The molecule has 0 aromatic heterocycles. The number of hydrogen-bond acceptors (Lipinski definition) is 3. The first-order chi connectivity index (χ1) is 3.29.